The lowest BCUT2D eigenvalue weighted by atomic mass is 9.98. The molecule has 0 unspecified atom stereocenters. The molecule has 0 spiro atoms. The first-order chi connectivity index (χ1) is 9.74. The second kappa shape index (κ2) is 5.63. The number of nitrogens with zero attached hydrogens (tertiary/aromatic N) is 2. The van der Waals surface area contributed by atoms with Gasteiger partial charge in [0.1, 0.15) is 5.82 Å². The number of fused-ring (bicyclic) bond motifs is 1. The molecule has 1 N–H and O–H groups in total. The van der Waals surface area contributed by atoms with Gasteiger partial charge in [0.15, 0.2) is 5.43 Å². The zero-order valence-corrected chi connectivity index (χ0v) is 11.6. The first kappa shape index (κ1) is 13.1. The molecule has 0 atom stereocenters. The number of rotatable bonds is 3. The summed E-state index contributed by atoms with van der Waals surface area (Å²) in [6.45, 7) is 3.17. The molecule has 1 aliphatic heterocycles. The quantitative estimate of drug-likeness (QED) is 0.921. The zero-order chi connectivity index (χ0) is 13.9. The molecule has 1 saturated heterocycles. The minimum absolute atomic E-state index is 0.0497. The van der Waals surface area contributed by atoms with Crippen LogP contribution in [0.5, 0.6) is 0 Å². The summed E-state index contributed by atoms with van der Waals surface area (Å²) in [6, 6.07) is 5.10. The molecule has 0 bridgehead atoms. The van der Waals surface area contributed by atoms with E-state index in [1.54, 1.807) is 6.07 Å². The standard InChI is InChI=1S/C15H19N3O2/c1-18(10-11-4-7-16-8-5-11)14-3-2-12-13(19)6-9-20-15(12)17-14/h2-3,6,9,11,16H,4-5,7-8,10H2,1H3. The summed E-state index contributed by atoms with van der Waals surface area (Å²) in [5, 5.41) is 3.91. The Hall–Kier alpha value is -1.88. The van der Waals surface area contributed by atoms with Crippen LogP contribution in [-0.4, -0.2) is 31.7 Å². The third-order valence-electron chi connectivity index (χ3n) is 3.89. The zero-order valence-electron chi connectivity index (χ0n) is 11.6. The van der Waals surface area contributed by atoms with Crippen molar-refractivity contribution >= 4 is 16.9 Å². The first-order valence-electron chi connectivity index (χ1n) is 7.04. The van der Waals surface area contributed by atoms with Crippen molar-refractivity contribution in [2.45, 2.75) is 12.8 Å². The van der Waals surface area contributed by atoms with Crippen molar-refractivity contribution in [3.63, 3.8) is 0 Å². The van der Waals surface area contributed by atoms with E-state index in [0.717, 1.165) is 25.5 Å². The summed E-state index contributed by atoms with van der Waals surface area (Å²) in [5.41, 5.74) is 0.360. The highest BCUT2D eigenvalue weighted by Gasteiger charge is 2.16. The smallest absolute Gasteiger partial charge is 0.231 e. The van der Waals surface area contributed by atoms with Crippen molar-refractivity contribution in [2.75, 3.05) is 31.6 Å². The van der Waals surface area contributed by atoms with Crippen LogP contribution in [-0.2, 0) is 0 Å². The fourth-order valence-corrected chi connectivity index (χ4v) is 2.72. The SMILES string of the molecule is CN(CC1CCNCC1)c1ccc2c(=O)ccoc2n1. The summed E-state index contributed by atoms with van der Waals surface area (Å²) < 4.78 is 5.33. The highest BCUT2D eigenvalue weighted by molar-refractivity contribution is 5.74. The molecule has 20 heavy (non-hydrogen) atoms. The van der Waals surface area contributed by atoms with Crippen molar-refractivity contribution in [2.24, 2.45) is 5.92 Å². The predicted molar refractivity (Wildman–Crippen MR) is 79.1 cm³/mol. The lowest BCUT2D eigenvalue weighted by molar-refractivity contribution is 0.377. The molecule has 0 saturated carbocycles. The average molecular weight is 273 g/mol. The summed E-state index contributed by atoms with van der Waals surface area (Å²) >= 11 is 0. The fourth-order valence-electron chi connectivity index (χ4n) is 2.72. The summed E-state index contributed by atoms with van der Waals surface area (Å²) in [4.78, 5) is 18.2. The van der Waals surface area contributed by atoms with Gasteiger partial charge in [0.25, 0.3) is 0 Å². The van der Waals surface area contributed by atoms with E-state index in [1.807, 2.05) is 13.1 Å². The molecule has 0 aliphatic carbocycles. The Bertz CT molecular complexity index is 647. The molecule has 1 fully saturated rings. The molecule has 2 aromatic rings. The third kappa shape index (κ3) is 2.67. The van der Waals surface area contributed by atoms with Crippen molar-refractivity contribution in [1.82, 2.24) is 10.3 Å². The van der Waals surface area contributed by atoms with Crippen molar-refractivity contribution in [1.29, 1.82) is 0 Å². The minimum Gasteiger partial charge on any atom is -0.446 e. The van der Waals surface area contributed by atoms with E-state index in [0.29, 0.717) is 17.0 Å². The molecule has 5 heteroatoms. The van der Waals surface area contributed by atoms with Crippen LogP contribution in [0.3, 0.4) is 0 Å². The number of hydrogen-bond donors (Lipinski definition) is 1. The van der Waals surface area contributed by atoms with Gasteiger partial charge in [-0.15, -0.1) is 0 Å². The van der Waals surface area contributed by atoms with Crippen molar-refractivity contribution in [3.8, 4) is 0 Å². The normalized spacial score (nSPS) is 16.4. The molecule has 2 aromatic heterocycles. The van der Waals surface area contributed by atoms with Crippen LogP contribution in [0.25, 0.3) is 11.1 Å². The topological polar surface area (TPSA) is 58.4 Å². The van der Waals surface area contributed by atoms with Gasteiger partial charge in [-0.05, 0) is 44.0 Å². The Morgan fingerprint density at radius 3 is 2.95 bits per heavy atom. The number of hydrogen-bond acceptors (Lipinski definition) is 5. The van der Waals surface area contributed by atoms with E-state index in [-0.39, 0.29) is 5.43 Å². The number of nitrogens with one attached hydrogen (secondary N) is 1. The van der Waals surface area contributed by atoms with Crippen LogP contribution in [0.1, 0.15) is 12.8 Å². The van der Waals surface area contributed by atoms with E-state index in [2.05, 4.69) is 15.2 Å². The Balaban J connectivity index is 1.80. The van der Waals surface area contributed by atoms with E-state index < -0.39 is 0 Å². The summed E-state index contributed by atoms with van der Waals surface area (Å²) in [7, 11) is 2.04. The molecule has 0 amide bonds. The van der Waals surface area contributed by atoms with Gasteiger partial charge in [-0.3, -0.25) is 4.79 Å². The van der Waals surface area contributed by atoms with Gasteiger partial charge >= 0.3 is 0 Å². The van der Waals surface area contributed by atoms with Gasteiger partial charge in [0, 0.05) is 19.7 Å². The van der Waals surface area contributed by atoms with Gasteiger partial charge in [-0.25, -0.2) is 0 Å². The lowest BCUT2D eigenvalue weighted by Crippen LogP contribution is -2.34. The maximum atomic E-state index is 11.7. The number of pyridine rings is 1. The Kier molecular flexibility index (Phi) is 3.69. The minimum atomic E-state index is -0.0497. The first-order valence-corrected chi connectivity index (χ1v) is 7.04. The van der Waals surface area contributed by atoms with Crippen LogP contribution >= 0.6 is 0 Å². The molecular formula is C15H19N3O2. The van der Waals surface area contributed by atoms with Crippen LogP contribution in [0.15, 0.2) is 33.7 Å². The van der Waals surface area contributed by atoms with Crippen LogP contribution in [0, 0.1) is 5.92 Å². The number of aromatic nitrogens is 1. The Morgan fingerprint density at radius 1 is 1.35 bits per heavy atom. The second-order valence-corrected chi connectivity index (χ2v) is 5.38. The van der Waals surface area contributed by atoms with Crippen LogP contribution in [0.4, 0.5) is 5.82 Å². The highest BCUT2D eigenvalue weighted by atomic mass is 16.3. The average Bonchev–Trinajstić information content (AvgIpc) is 2.48. The Labute approximate surface area is 117 Å². The molecule has 0 aromatic carbocycles. The van der Waals surface area contributed by atoms with Gasteiger partial charge in [-0.2, -0.15) is 4.98 Å². The fraction of sp³-hybridized carbons (Fsp3) is 0.467. The van der Waals surface area contributed by atoms with Crippen LogP contribution in [0.2, 0.25) is 0 Å². The van der Waals surface area contributed by atoms with E-state index >= 15 is 0 Å². The Morgan fingerprint density at radius 2 is 2.15 bits per heavy atom. The summed E-state index contributed by atoms with van der Waals surface area (Å²) in [5.74, 6) is 1.55. The number of anilines is 1. The van der Waals surface area contributed by atoms with Crippen LogP contribution < -0.4 is 15.6 Å². The molecular weight excluding hydrogens is 254 g/mol. The molecule has 0 radical (unpaired) electrons. The molecule has 106 valence electrons. The van der Waals surface area contributed by atoms with E-state index in [1.165, 1.54) is 25.2 Å². The lowest BCUT2D eigenvalue weighted by Gasteiger charge is -2.28. The molecule has 1 aliphatic rings. The van der Waals surface area contributed by atoms with E-state index in [9.17, 15) is 4.79 Å². The van der Waals surface area contributed by atoms with Gasteiger partial charge in [0.2, 0.25) is 5.71 Å². The molecule has 3 rings (SSSR count). The largest absolute Gasteiger partial charge is 0.446 e. The maximum Gasteiger partial charge on any atom is 0.231 e. The predicted octanol–water partition coefficient (Wildman–Crippen LogP) is 1.62. The second-order valence-electron chi connectivity index (χ2n) is 5.38. The monoisotopic (exact) mass is 273 g/mol. The number of piperidine rings is 1. The maximum absolute atomic E-state index is 11.7. The third-order valence-corrected chi connectivity index (χ3v) is 3.89. The van der Waals surface area contributed by atoms with Gasteiger partial charge in [0.05, 0.1) is 11.6 Å². The van der Waals surface area contributed by atoms with Gasteiger partial charge < -0.3 is 14.6 Å². The van der Waals surface area contributed by atoms with Crippen molar-refractivity contribution in [3.05, 3.63) is 34.7 Å². The highest BCUT2D eigenvalue weighted by Crippen LogP contribution is 2.18. The van der Waals surface area contributed by atoms with Gasteiger partial charge in [-0.1, -0.05) is 0 Å². The summed E-state index contributed by atoms with van der Waals surface area (Å²) in [6.07, 6.45) is 3.80. The van der Waals surface area contributed by atoms with Crippen molar-refractivity contribution < 1.29 is 4.42 Å². The molecule has 5 nitrogen and oxygen atoms in total. The van der Waals surface area contributed by atoms with E-state index in [4.69, 9.17) is 4.42 Å². The molecule has 3 heterocycles.